The lowest BCUT2D eigenvalue weighted by molar-refractivity contribution is -0.113. The molecule has 0 saturated heterocycles. The summed E-state index contributed by atoms with van der Waals surface area (Å²) in [5, 5.41) is 3.68. The minimum atomic E-state index is -3.55. The molecule has 0 aliphatic rings. The molecule has 0 radical (unpaired) electrons. The molecule has 0 bridgehead atoms. The fourth-order valence-electron chi connectivity index (χ4n) is 2.88. The van der Waals surface area contributed by atoms with E-state index in [1.807, 2.05) is 30.5 Å². The van der Waals surface area contributed by atoms with Crippen molar-refractivity contribution in [3.63, 3.8) is 0 Å². The van der Waals surface area contributed by atoms with Gasteiger partial charge in [-0.3, -0.25) is 4.79 Å². The van der Waals surface area contributed by atoms with Crippen LogP contribution in [0.15, 0.2) is 59.2 Å². The Morgan fingerprint density at radius 2 is 1.96 bits per heavy atom. The second-order valence-corrected chi connectivity index (χ2v) is 9.07. The van der Waals surface area contributed by atoms with Gasteiger partial charge in [-0.25, -0.2) is 8.42 Å². The van der Waals surface area contributed by atoms with Crippen molar-refractivity contribution in [3.8, 4) is 0 Å². The number of nitrogens with one attached hydrogen (secondary N) is 1. The molecule has 0 saturated carbocycles. The Labute approximate surface area is 161 Å². The van der Waals surface area contributed by atoms with Crippen molar-refractivity contribution >= 4 is 48.3 Å². The van der Waals surface area contributed by atoms with Gasteiger partial charge in [-0.1, -0.05) is 28.1 Å². The van der Waals surface area contributed by atoms with Gasteiger partial charge in [-0.2, -0.15) is 0 Å². The summed E-state index contributed by atoms with van der Waals surface area (Å²) in [5.41, 5.74) is 2.32. The number of fused-ring (bicyclic) bond motifs is 1. The summed E-state index contributed by atoms with van der Waals surface area (Å²) >= 11 is 3.32. The van der Waals surface area contributed by atoms with Crippen LogP contribution in [-0.2, 0) is 26.9 Å². The van der Waals surface area contributed by atoms with Crippen molar-refractivity contribution < 1.29 is 13.2 Å². The predicted molar refractivity (Wildman–Crippen MR) is 108 cm³/mol. The van der Waals surface area contributed by atoms with Crippen LogP contribution in [0.25, 0.3) is 10.9 Å². The zero-order valence-corrected chi connectivity index (χ0v) is 16.7. The van der Waals surface area contributed by atoms with Crippen molar-refractivity contribution in [3.05, 3.63) is 64.8 Å². The van der Waals surface area contributed by atoms with Gasteiger partial charge >= 0.3 is 0 Å². The van der Waals surface area contributed by atoms with Crippen molar-refractivity contribution in [2.45, 2.75) is 19.2 Å². The zero-order valence-electron chi connectivity index (χ0n) is 14.3. The molecule has 0 aliphatic carbocycles. The van der Waals surface area contributed by atoms with Gasteiger partial charge in [0, 0.05) is 33.8 Å². The van der Waals surface area contributed by atoms with E-state index in [0.717, 1.165) is 21.9 Å². The Morgan fingerprint density at radius 1 is 1.15 bits per heavy atom. The third-order valence-electron chi connectivity index (χ3n) is 4.02. The van der Waals surface area contributed by atoms with Crippen LogP contribution in [0, 0.1) is 0 Å². The standard InChI is InChI=1S/C19H19BrN2O3S/c1-2-22-9-8-15-11-17(6-7-18(15)22)21-19(23)13-26(24,25)12-14-4-3-5-16(20)10-14/h3-11H,2,12-13H2,1H3,(H,21,23). The number of rotatable bonds is 6. The van der Waals surface area contributed by atoms with Gasteiger partial charge in [0.2, 0.25) is 5.91 Å². The van der Waals surface area contributed by atoms with Gasteiger partial charge in [0.25, 0.3) is 0 Å². The number of nitrogens with zero attached hydrogens (tertiary/aromatic N) is 1. The number of carbonyl (C=O) groups is 1. The van der Waals surface area contributed by atoms with Crippen molar-refractivity contribution in [2.75, 3.05) is 11.1 Å². The van der Waals surface area contributed by atoms with Crippen LogP contribution >= 0.6 is 15.9 Å². The van der Waals surface area contributed by atoms with E-state index in [2.05, 4.69) is 32.7 Å². The van der Waals surface area contributed by atoms with Crippen LogP contribution in [0.4, 0.5) is 5.69 Å². The van der Waals surface area contributed by atoms with Crippen LogP contribution in [0.5, 0.6) is 0 Å². The zero-order chi connectivity index (χ0) is 18.7. The van der Waals surface area contributed by atoms with E-state index in [1.54, 1.807) is 24.3 Å². The lowest BCUT2D eigenvalue weighted by Gasteiger charge is -2.08. The molecule has 2 aromatic carbocycles. The first-order valence-corrected chi connectivity index (χ1v) is 10.8. The lowest BCUT2D eigenvalue weighted by Crippen LogP contribution is -2.23. The summed E-state index contributed by atoms with van der Waals surface area (Å²) in [6.45, 7) is 2.92. The number of aromatic nitrogens is 1. The molecule has 0 unspecified atom stereocenters. The highest BCUT2D eigenvalue weighted by Crippen LogP contribution is 2.21. The first kappa shape index (κ1) is 18.7. The average Bonchev–Trinajstić information content (AvgIpc) is 2.95. The third kappa shape index (κ3) is 4.53. The monoisotopic (exact) mass is 434 g/mol. The molecule has 0 aliphatic heterocycles. The highest BCUT2D eigenvalue weighted by molar-refractivity contribution is 9.10. The molecule has 26 heavy (non-hydrogen) atoms. The number of hydrogen-bond donors (Lipinski definition) is 1. The molecule has 7 heteroatoms. The Morgan fingerprint density at radius 3 is 2.69 bits per heavy atom. The summed E-state index contributed by atoms with van der Waals surface area (Å²) in [6.07, 6.45) is 1.98. The minimum Gasteiger partial charge on any atom is -0.348 e. The van der Waals surface area contributed by atoms with E-state index in [9.17, 15) is 13.2 Å². The van der Waals surface area contributed by atoms with Gasteiger partial charge in [0.15, 0.2) is 9.84 Å². The summed E-state index contributed by atoms with van der Waals surface area (Å²) in [6, 6.07) is 14.6. The van der Waals surface area contributed by atoms with E-state index in [0.29, 0.717) is 11.3 Å². The van der Waals surface area contributed by atoms with Gasteiger partial charge in [-0.15, -0.1) is 0 Å². The first-order valence-electron chi connectivity index (χ1n) is 8.20. The molecule has 1 heterocycles. The number of sulfone groups is 1. The number of benzene rings is 2. The molecule has 0 atom stereocenters. The maximum atomic E-state index is 12.3. The number of carbonyl (C=O) groups excluding carboxylic acids is 1. The molecule has 3 rings (SSSR count). The predicted octanol–water partition coefficient (Wildman–Crippen LogP) is 3.98. The number of anilines is 1. The fraction of sp³-hybridized carbons (Fsp3) is 0.211. The Balaban J connectivity index is 1.68. The van der Waals surface area contributed by atoms with Gasteiger partial charge in [0.1, 0.15) is 5.75 Å². The van der Waals surface area contributed by atoms with Crippen molar-refractivity contribution in [1.29, 1.82) is 0 Å². The highest BCUT2D eigenvalue weighted by atomic mass is 79.9. The maximum Gasteiger partial charge on any atom is 0.239 e. The number of halogens is 1. The summed E-state index contributed by atoms with van der Waals surface area (Å²) in [5.74, 6) is -1.25. The molecule has 1 aromatic heterocycles. The Bertz CT molecular complexity index is 1060. The Kier molecular flexibility index (Phi) is 5.48. The quantitative estimate of drug-likeness (QED) is 0.637. The first-order chi connectivity index (χ1) is 12.4. The van der Waals surface area contributed by atoms with Crippen LogP contribution in [0.3, 0.4) is 0 Å². The molecule has 0 fully saturated rings. The average molecular weight is 435 g/mol. The molecule has 0 spiro atoms. The summed E-state index contributed by atoms with van der Waals surface area (Å²) in [4.78, 5) is 12.2. The molecular weight excluding hydrogens is 416 g/mol. The van der Waals surface area contributed by atoms with Crippen molar-refractivity contribution in [1.82, 2.24) is 4.57 Å². The number of amides is 1. The summed E-state index contributed by atoms with van der Waals surface area (Å²) in [7, 11) is -3.55. The minimum absolute atomic E-state index is 0.168. The topological polar surface area (TPSA) is 68.2 Å². The van der Waals surface area contributed by atoms with Crippen LogP contribution in [-0.4, -0.2) is 24.6 Å². The maximum absolute atomic E-state index is 12.3. The third-order valence-corrected chi connectivity index (χ3v) is 5.99. The lowest BCUT2D eigenvalue weighted by atomic mass is 10.2. The second-order valence-electron chi connectivity index (χ2n) is 6.09. The van der Waals surface area contributed by atoms with E-state index in [1.165, 1.54) is 0 Å². The highest BCUT2D eigenvalue weighted by Gasteiger charge is 2.18. The van der Waals surface area contributed by atoms with E-state index < -0.39 is 21.5 Å². The largest absolute Gasteiger partial charge is 0.348 e. The molecule has 3 aromatic rings. The number of aryl methyl sites for hydroxylation is 1. The van der Waals surface area contributed by atoms with E-state index in [-0.39, 0.29) is 5.75 Å². The molecule has 5 nitrogen and oxygen atoms in total. The molecule has 1 N–H and O–H groups in total. The molecule has 136 valence electrons. The fourth-order valence-corrected chi connectivity index (χ4v) is 4.59. The second kappa shape index (κ2) is 7.63. The van der Waals surface area contributed by atoms with Crippen LogP contribution in [0.2, 0.25) is 0 Å². The smallest absolute Gasteiger partial charge is 0.239 e. The number of hydrogen-bond acceptors (Lipinski definition) is 3. The van der Waals surface area contributed by atoms with Crippen molar-refractivity contribution in [2.24, 2.45) is 0 Å². The van der Waals surface area contributed by atoms with E-state index in [4.69, 9.17) is 0 Å². The molecule has 1 amide bonds. The van der Waals surface area contributed by atoms with Gasteiger partial charge in [0.05, 0.1) is 5.75 Å². The van der Waals surface area contributed by atoms with Gasteiger partial charge in [-0.05, 0) is 48.9 Å². The van der Waals surface area contributed by atoms with E-state index >= 15 is 0 Å². The molecular formula is C19H19BrN2O3S. The normalized spacial score (nSPS) is 11.6. The summed E-state index contributed by atoms with van der Waals surface area (Å²) < 4.78 is 27.5. The van der Waals surface area contributed by atoms with Crippen LogP contribution < -0.4 is 5.32 Å². The van der Waals surface area contributed by atoms with Gasteiger partial charge < -0.3 is 9.88 Å². The SMILES string of the molecule is CCn1ccc2cc(NC(=O)CS(=O)(=O)Cc3cccc(Br)c3)ccc21. The van der Waals surface area contributed by atoms with Crippen LogP contribution in [0.1, 0.15) is 12.5 Å². The Hall–Kier alpha value is -2.12.